The van der Waals surface area contributed by atoms with E-state index in [-0.39, 0.29) is 5.92 Å². The Morgan fingerprint density at radius 1 is 0.975 bits per heavy atom. The molecule has 40 heavy (non-hydrogen) atoms. The zero-order valence-corrected chi connectivity index (χ0v) is 22.6. The number of aromatic nitrogens is 6. The van der Waals surface area contributed by atoms with E-state index in [0.717, 1.165) is 33.8 Å². The number of furan rings is 1. The highest BCUT2D eigenvalue weighted by Crippen LogP contribution is 2.49. The van der Waals surface area contributed by atoms with Crippen LogP contribution >= 0.6 is 11.6 Å². The maximum Gasteiger partial charge on any atom is 0.230 e. The molecule has 11 heteroatoms. The maximum atomic E-state index is 6.44. The summed E-state index contributed by atoms with van der Waals surface area (Å²) in [5, 5.41) is 10.2. The van der Waals surface area contributed by atoms with Gasteiger partial charge in [0.15, 0.2) is 23.0 Å². The Morgan fingerprint density at radius 2 is 1.80 bits per heavy atom. The average Bonchev–Trinajstić information content (AvgIpc) is 3.72. The number of ether oxygens (including phenoxy) is 3. The van der Waals surface area contributed by atoms with E-state index in [9.17, 15) is 0 Å². The third-order valence-corrected chi connectivity index (χ3v) is 7.23. The number of methoxy groups -OCH3 is 2. The summed E-state index contributed by atoms with van der Waals surface area (Å²) >= 11 is 6.13. The van der Waals surface area contributed by atoms with E-state index in [2.05, 4.69) is 4.98 Å². The number of aryl methyl sites for hydroxylation is 1. The van der Waals surface area contributed by atoms with Gasteiger partial charge in [0.1, 0.15) is 12.1 Å². The Bertz CT molecular complexity index is 1860. The van der Waals surface area contributed by atoms with Crippen LogP contribution in [0.1, 0.15) is 39.9 Å². The van der Waals surface area contributed by atoms with E-state index in [1.807, 2.05) is 61.5 Å². The van der Waals surface area contributed by atoms with Gasteiger partial charge in [-0.25, -0.2) is 19.2 Å². The van der Waals surface area contributed by atoms with Crippen molar-refractivity contribution in [1.29, 1.82) is 0 Å². The van der Waals surface area contributed by atoms with E-state index in [4.69, 9.17) is 45.4 Å². The third kappa shape index (κ3) is 3.87. The lowest BCUT2D eigenvalue weighted by atomic mass is 9.88. The first-order chi connectivity index (χ1) is 19.5. The van der Waals surface area contributed by atoms with E-state index < -0.39 is 0 Å². The molecule has 4 aromatic heterocycles. The second kappa shape index (κ2) is 9.42. The van der Waals surface area contributed by atoms with E-state index in [1.165, 1.54) is 0 Å². The molecule has 0 saturated heterocycles. The van der Waals surface area contributed by atoms with Crippen LogP contribution in [0.5, 0.6) is 23.3 Å². The Balaban J connectivity index is 1.36. The molecule has 7 rings (SSSR count). The number of halogens is 1. The standard InChI is InChI=1S/C29H23ClN6O4/c1-16-24-25(21-5-4-12-39-21)26-27-32-23(14-17-6-11-20(37-2)22(13-17)38-3)34-35(27)15-31-28(26)40-29(24)36(33-16)19-9-7-18(30)8-10-19/h4-13,15,25H,14H2,1-3H3. The predicted molar refractivity (Wildman–Crippen MR) is 146 cm³/mol. The van der Waals surface area contributed by atoms with Crippen molar-refractivity contribution in [1.82, 2.24) is 29.4 Å². The minimum atomic E-state index is -0.357. The first kappa shape index (κ1) is 24.2. The Hall–Kier alpha value is -4.83. The summed E-state index contributed by atoms with van der Waals surface area (Å²) < 4.78 is 26.7. The number of hydrogen-bond donors (Lipinski definition) is 0. The minimum absolute atomic E-state index is 0.357. The van der Waals surface area contributed by atoms with Crippen molar-refractivity contribution in [3.8, 4) is 28.9 Å². The molecule has 200 valence electrons. The largest absolute Gasteiger partial charge is 0.493 e. The van der Waals surface area contributed by atoms with Crippen LogP contribution in [0.3, 0.4) is 0 Å². The van der Waals surface area contributed by atoms with Crippen LogP contribution in [-0.4, -0.2) is 43.6 Å². The van der Waals surface area contributed by atoms with Crippen molar-refractivity contribution in [2.75, 3.05) is 14.2 Å². The lowest BCUT2D eigenvalue weighted by Gasteiger charge is -2.24. The number of nitrogens with zero attached hydrogens (tertiary/aromatic N) is 6. The molecule has 1 aliphatic heterocycles. The summed E-state index contributed by atoms with van der Waals surface area (Å²) in [6.07, 6.45) is 3.75. The normalized spacial score (nSPS) is 14.1. The lowest BCUT2D eigenvalue weighted by Crippen LogP contribution is -2.15. The molecule has 0 spiro atoms. The molecule has 6 aromatic rings. The Morgan fingerprint density at radius 3 is 2.55 bits per heavy atom. The molecule has 0 saturated carbocycles. The molecule has 1 unspecified atom stereocenters. The molecule has 0 N–H and O–H groups in total. The van der Waals surface area contributed by atoms with Crippen LogP contribution in [0.25, 0.3) is 11.3 Å². The fourth-order valence-corrected chi connectivity index (χ4v) is 5.29. The second-order valence-electron chi connectivity index (χ2n) is 9.37. The molecule has 1 atom stereocenters. The van der Waals surface area contributed by atoms with Gasteiger partial charge >= 0.3 is 0 Å². The topological polar surface area (TPSA) is 102 Å². The number of rotatable bonds is 6. The highest BCUT2D eigenvalue weighted by Gasteiger charge is 2.39. The van der Waals surface area contributed by atoms with Crippen molar-refractivity contribution in [2.45, 2.75) is 19.3 Å². The Kier molecular flexibility index (Phi) is 5.71. The van der Waals surface area contributed by atoms with E-state index in [1.54, 1.807) is 36.0 Å². The Labute approximate surface area is 233 Å². The average molecular weight is 555 g/mol. The van der Waals surface area contributed by atoms with Gasteiger partial charge in [0.05, 0.1) is 48.9 Å². The molecular weight excluding hydrogens is 532 g/mol. The molecule has 0 amide bonds. The van der Waals surface area contributed by atoms with Gasteiger partial charge in [0, 0.05) is 11.4 Å². The first-order valence-electron chi connectivity index (χ1n) is 12.6. The minimum Gasteiger partial charge on any atom is -0.493 e. The summed E-state index contributed by atoms with van der Waals surface area (Å²) in [6, 6.07) is 17.0. The highest BCUT2D eigenvalue weighted by atomic mass is 35.5. The quantitative estimate of drug-likeness (QED) is 0.256. The van der Waals surface area contributed by atoms with Crippen LogP contribution in [0.2, 0.25) is 5.02 Å². The fraction of sp³-hybridized carbons (Fsp3) is 0.172. The molecule has 0 fully saturated rings. The predicted octanol–water partition coefficient (Wildman–Crippen LogP) is 5.76. The van der Waals surface area contributed by atoms with Crippen molar-refractivity contribution in [2.24, 2.45) is 0 Å². The number of fused-ring (bicyclic) bond motifs is 4. The SMILES string of the molecule is COc1ccc(Cc2nc3c4c(ncn3n2)Oc2c(c(C)nn2-c2ccc(Cl)cc2)C4c2ccco2)cc1OC. The van der Waals surface area contributed by atoms with Gasteiger partial charge in [-0.3, -0.25) is 0 Å². The van der Waals surface area contributed by atoms with Crippen molar-refractivity contribution < 1.29 is 18.6 Å². The van der Waals surface area contributed by atoms with Crippen molar-refractivity contribution >= 4 is 17.2 Å². The molecule has 0 bridgehead atoms. The summed E-state index contributed by atoms with van der Waals surface area (Å²) in [6.45, 7) is 1.95. The molecule has 5 heterocycles. The summed E-state index contributed by atoms with van der Waals surface area (Å²) in [5.74, 6) is 3.29. The van der Waals surface area contributed by atoms with Crippen molar-refractivity contribution in [3.05, 3.63) is 106 Å². The van der Waals surface area contributed by atoms with Crippen molar-refractivity contribution in [3.63, 3.8) is 0 Å². The van der Waals surface area contributed by atoms with Crippen LogP contribution < -0.4 is 14.2 Å². The zero-order valence-electron chi connectivity index (χ0n) is 21.8. The van der Waals surface area contributed by atoms with Crippen LogP contribution in [0, 0.1) is 6.92 Å². The summed E-state index contributed by atoms with van der Waals surface area (Å²) in [5.41, 5.74) is 4.86. The van der Waals surface area contributed by atoms with Gasteiger partial charge in [-0.2, -0.15) is 5.10 Å². The van der Waals surface area contributed by atoms with Gasteiger partial charge in [-0.05, 0) is 61.0 Å². The maximum absolute atomic E-state index is 6.44. The van der Waals surface area contributed by atoms with Gasteiger partial charge in [0.25, 0.3) is 0 Å². The summed E-state index contributed by atoms with van der Waals surface area (Å²) in [7, 11) is 3.23. The monoisotopic (exact) mass is 554 g/mol. The molecule has 0 aliphatic carbocycles. The smallest absolute Gasteiger partial charge is 0.230 e. The number of hydrogen-bond acceptors (Lipinski definition) is 8. The molecule has 2 aromatic carbocycles. The molecule has 10 nitrogen and oxygen atoms in total. The fourth-order valence-electron chi connectivity index (χ4n) is 5.17. The number of benzene rings is 2. The third-order valence-electron chi connectivity index (χ3n) is 6.97. The van der Waals surface area contributed by atoms with E-state index >= 15 is 0 Å². The van der Waals surface area contributed by atoms with Gasteiger partial charge in [0.2, 0.25) is 11.8 Å². The van der Waals surface area contributed by atoms with Crippen LogP contribution in [-0.2, 0) is 6.42 Å². The first-order valence-corrected chi connectivity index (χ1v) is 12.9. The lowest BCUT2D eigenvalue weighted by molar-refractivity contribution is 0.354. The van der Waals surface area contributed by atoms with Gasteiger partial charge < -0.3 is 18.6 Å². The van der Waals surface area contributed by atoms with Gasteiger partial charge in [-0.15, -0.1) is 5.10 Å². The van der Waals surface area contributed by atoms with Crippen LogP contribution in [0.15, 0.2) is 71.6 Å². The zero-order chi connectivity index (χ0) is 27.4. The molecule has 0 radical (unpaired) electrons. The summed E-state index contributed by atoms with van der Waals surface area (Å²) in [4.78, 5) is 9.57. The highest BCUT2D eigenvalue weighted by molar-refractivity contribution is 6.30. The second-order valence-corrected chi connectivity index (χ2v) is 9.81. The molecular formula is C29H23ClN6O4. The van der Waals surface area contributed by atoms with Gasteiger partial charge in [-0.1, -0.05) is 17.7 Å². The van der Waals surface area contributed by atoms with Crippen LogP contribution in [0.4, 0.5) is 0 Å². The molecule has 1 aliphatic rings. The van der Waals surface area contributed by atoms with E-state index in [0.29, 0.717) is 46.2 Å².